The smallest absolute Gasteiger partial charge is 0.432 e. The number of aromatic nitrogens is 2. The first-order valence-corrected chi connectivity index (χ1v) is 7.00. The van der Waals surface area contributed by atoms with E-state index in [4.69, 9.17) is 0 Å². The van der Waals surface area contributed by atoms with Gasteiger partial charge in [0.1, 0.15) is 18.1 Å². The van der Waals surface area contributed by atoms with Gasteiger partial charge in [-0.1, -0.05) is 0 Å². The van der Waals surface area contributed by atoms with Crippen LogP contribution in [0.15, 0.2) is 18.2 Å². The Bertz CT molecular complexity index is 916. The number of hydrogen-bond donors (Lipinski definition) is 1. The van der Waals surface area contributed by atoms with Gasteiger partial charge < -0.3 is 20.2 Å². The van der Waals surface area contributed by atoms with E-state index >= 15 is 0 Å². The predicted molar refractivity (Wildman–Crippen MR) is 81.9 cm³/mol. The van der Waals surface area contributed by atoms with Gasteiger partial charge in [-0.05, 0) is 24.0 Å². The molecular weight excluding hydrogens is 379 g/mol. The minimum Gasteiger partial charge on any atom is -0.432 e. The molecule has 0 saturated heterocycles. The normalized spacial score (nSPS) is 10.7. The summed E-state index contributed by atoms with van der Waals surface area (Å²) < 4.78 is 42.7. The summed E-state index contributed by atoms with van der Waals surface area (Å²) in [7, 11) is 0. The molecule has 1 heterocycles. The van der Waals surface area contributed by atoms with Crippen molar-refractivity contribution in [2.45, 2.75) is 20.1 Å². The first-order chi connectivity index (χ1) is 12.6. The first-order valence-electron chi connectivity index (χ1n) is 7.00. The second kappa shape index (κ2) is 7.67. The van der Waals surface area contributed by atoms with Gasteiger partial charge in [-0.3, -0.25) is 14.9 Å². The topological polar surface area (TPSA) is 142 Å². The highest BCUT2D eigenvalue weighted by Crippen LogP contribution is 2.30. The van der Waals surface area contributed by atoms with E-state index in [1.807, 2.05) is 0 Å². The third-order valence-electron chi connectivity index (χ3n) is 3.24. The quantitative estimate of drug-likeness (QED) is 0.566. The Labute approximate surface area is 147 Å². The van der Waals surface area contributed by atoms with E-state index < -0.39 is 52.0 Å². The van der Waals surface area contributed by atoms with Gasteiger partial charge in [0, 0.05) is 6.07 Å². The van der Waals surface area contributed by atoms with Crippen molar-refractivity contribution in [3.05, 3.63) is 49.9 Å². The second-order valence-electron chi connectivity index (χ2n) is 5.00. The summed E-state index contributed by atoms with van der Waals surface area (Å²) in [6.45, 7) is -2.83. The van der Waals surface area contributed by atoms with Gasteiger partial charge in [0.15, 0.2) is 5.75 Å². The van der Waals surface area contributed by atoms with Crippen LogP contribution in [0.25, 0.3) is 0 Å². The maximum Gasteiger partial charge on any atom is 0.468 e. The van der Waals surface area contributed by atoms with Crippen molar-refractivity contribution in [2.24, 2.45) is 0 Å². The zero-order chi connectivity index (χ0) is 20.3. The van der Waals surface area contributed by atoms with Gasteiger partial charge in [0.2, 0.25) is 5.91 Å². The maximum atomic E-state index is 13.2. The summed E-state index contributed by atoms with van der Waals surface area (Å²) in [5.41, 5.74) is -1.43. The van der Waals surface area contributed by atoms with Gasteiger partial charge in [-0.2, -0.15) is 13.5 Å². The van der Waals surface area contributed by atoms with Crippen LogP contribution in [-0.4, -0.2) is 32.1 Å². The third-order valence-corrected chi connectivity index (χ3v) is 3.24. The fourth-order valence-corrected chi connectivity index (χ4v) is 2.13. The molecule has 2 aromatic rings. The van der Waals surface area contributed by atoms with Gasteiger partial charge in [0.05, 0.1) is 15.7 Å². The Morgan fingerprint density at radius 1 is 1.33 bits per heavy atom. The summed E-state index contributed by atoms with van der Waals surface area (Å²) in [6, 6.07) is 2.46. The van der Waals surface area contributed by atoms with Gasteiger partial charge in [0.25, 0.3) is 0 Å². The highest BCUT2D eigenvalue weighted by Gasteiger charge is 2.35. The molecule has 0 aliphatic carbocycles. The van der Waals surface area contributed by atoms with Crippen LogP contribution in [0.2, 0.25) is 0 Å². The predicted octanol–water partition coefficient (Wildman–Crippen LogP) is 2.39. The largest absolute Gasteiger partial charge is 0.468 e. The van der Waals surface area contributed by atoms with Crippen molar-refractivity contribution in [3.63, 3.8) is 0 Å². The Hall–Kier alpha value is -3.71. The van der Waals surface area contributed by atoms with E-state index in [9.17, 15) is 38.2 Å². The first kappa shape index (κ1) is 19.6. The highest BCUT2D eigenvalue weighted by atomic mass is 19.3. The molecule has 0 aliphatic heterocycles. The minimum absolute atomic E-state index is 0.259. The number of carbonyl (C=O) groups excluding carboxylic acids is 1. The van der Waals surface area contributed by atoms with E-state index in [1.54, 1.807) is 0 Å². The van der Waals surface area contributed by atoms with Crippen LogP contribution >= 0.6 is 0 Å². The van der Waals surface area contributed by atoms with Crippen molar-refractivity contribution in [2.75, 3.05) is 5.32 Å². The molecule has 0 saturated carbocycles. The second-order valence-corrected chi connectivity index (χ2v) is 5.00. The third kappa shape index (κ3) is 4.47. The van der Waals surface area contributed by atoms with Crippen LogP contribution in [0.5, 0.6) is 5.75 Å². The highest BCUT2D eigenvalue weighted by molar-refractivity contribution is 5.92. The number of nitrogens with one attached hydrogen (secondary N) is 1. The van der Waals surface area contributed by atoms with Gasteiger partial charge in [-0.15, -0.1) is 0 Å². The lowest BCUT2D eigenvalue weighted by Gasteiger charge is -2.11. The molecule has 144 valence electrons. The lowest BCUT2D eigenvalue weighted by molar-refractivity contribution is -0.424. The summed E-state index contributed by atoms with van der Waals surface area (Å²) in [5.74, 6) is -3.50. The number of benzene rings is 1. The fourth-order valence-electron chi connectivity index (χ4n) is 2.13. The molecule has 1 aromatic carbocycles. The van der Waals surface area contributed by atoms with Gasteiger partial charge >= 0.3 is 18.1 Å². The maximum absolute atomic E-state index is 13.2. The van der Waals surface area contributed by atoms with Crippen LogP contribution in [0.3, 0.4) is 0 Å². The standard InChI is InChI=1S/C13H10F3N5O6/c1-6-11(20(23)24)12(21(25)26)18-19(6)5-10(22)17-8-3-2-7(14)4-9(8)27-13(15)16/h2-4,13H,5H2,1H3,(H,17,22). The van der Waals surface area contributed by atoms with E-state index in [1.165, 1.54) is 0 Å². The number of halogens is 3. The molecule has 1 N–H and O–H groups in total. The lowest BCUT2D eigenvalue weighted by atomic mass is 10.2. The molecule has 1 aromatic heterocycles. The molecule has 0 fully saturated rings. The van der Waals surface area contributed by atoms with Gasteiger partial charge in [-0.25, -0.2) is 4.39 Å². The van der Waals surface area contributed by atoms with Crippen molar-refractivity contribution in [3.8, 4) is 5.75 Å². The van der Waals surface area contributed by atoms with E-state index in [-0.39, 0.29) is 11.4 Å². The monoisotopic (exact) mass is 389 g/mol. The SMILES string of the molecule is Cc1c([N+](=O)[O-])c([N+](=O)[O-])nn1CC(=O)Nc1ccc(F)cc1OC(F)F. The van der Waals surface area contributed by atoms with Crippen LogP contribution < -0.4 is 10.1 Å². The zero-order valence-corrected chi connectivity index (χ0v) is 13.4. The number of carbonyl (C=O) groups is 1. The molecule has 0 atom stereocenters. The van der Waals surface area contributed by atoms with Crippen molar-refractivity contribution in [1.82, 2.24) is 9.78 Å². The number of nitrogens with zero attached hydrogens (tertiary/aromatic N) is 4. The molecule has 11 nitrogen and oxygen atoms in total. The number of nitro groups is 2. The molecule has 2 rings (SSSR count). The molecule has 0 unspecified atom stereocenters. The van der Waals surface area contributed by atoms with E-state index in [2.05, 4.69) is 15.2 Å². The average Bonchev–Trinajstić information content (AvgIpc) is 2.86. The molecule has 0 spiro atoms. The molecule has 0 bridgehead atoms. The van der Waals surface area contributed by atoms with Crippen LogP contribution in [0.1, 0.15) is 5.69 Å². The van der Waals surface area contributed by atoms with Crippen molar-refractivity contribution < 1.29 is 32.5 Å². The Morgan fingerprint density at radius 2 is 2.00 bits per heavy atom. The number of ether oxygens (including phenoxy) is 1. The summed E-state index contributed by atoms with van der Waals surface area (Å²) in [4.78, 5) is 31.8. The molecule has 0 radical (unpaired) electrons. The van der Waals surface area contributed by atoms with Crippen molar-refractivity contribution in [1.29, 1.82) is 0 Å². The van der Waals surface area contributed by atoms with E-state index in [0.29, 0.717) is 10.7 Å². The number of anilines is 1. The Kier molecular flexibility index (Phi) is 5.57. The van der Waals surface area contributed by atoms with Crippen LogP contribution in [0.4, 0.5) is 30.4 Å². The zero-order valence-electron chi connectivity index (χ0n) is 13.4. The summed E-state index contributed by atoms with van der Waals surface area (Å²) >= 11 is 0. The van der Waals surface area contributed by atoms with Crippen molar-refractivity contribution >= 4 is 23.1 Å². The number of amides is 1. The minimum atomic E-state index is -3.28. The molecule has 0 aliphatic rings. The molecule has 1 amide bonds. The molecule has 14 heteroatoms. The molecule has 27 heavy (non-hydrogen) atoms. The fraction of sp³-hybridized carbons (Fsp3) is 0.231. The van der Waals surface area contributed by atoms with Crippen LogP contribution in [-0.2, 0) is 11.3 Å². The summed E-state index contributed by atoms with van der Waals surface area (Å²) in [5, 5.41) is 27.3. The number of alkyl halides is 2. The Morgan fingerprint density at radius 3 is 2.52 bits per heavy atom. The van der Waals surface area contributed by atoms with E-state index in [0.717, 1.165) is 19.1 Å². The lowest BCUT2D eigenvalue weighted by Crippen LogP contribution is -2.21. The van der Waals surface area contributed by atoms with Crippen LogP contribution in [0, 0.1) is 33.0 Å². The molecular formula is C13H10F3N5O6. The summed E-state index contributed by atoms with van der Waals surface area (Å²) in [6.07, 6.45) is 0. The number of hydrogen-bond acceptors (Lipinski definition) is 7. The average molecular weight is 389 g/mol. The Balaban J connectivity index is 2.26. The number of rotatable bonds is 7.